The van der Waals surface area contributed by atoms with Gasteiger partial charge in [0.1, 0.15) is 0 Å². The highest BCUT2D eigenvalue weighted by Crippen LogP contribution is 1.95. The summed E-state index contributed by atoms with van der Waals surface area (Å²) in [6.07, 6.45) is 4.94. The second kappa shape index (κ2) is 5.39. The molecule has 0 aliphatic carbocycles. The van der Waals surface area contributed by atoms with Crippen LogP contribution in [0.3, 0.4) is 0 Å². The minimum Gasteiger partial charge on any atom is -0.365 e. The molecule has 78 valence electrons. The van der Waals surface area contributed by atoms with Gasteiger partial charge in [0.25, 0.3) is 5.56 Å². The van der Waals surface area contributed by atoms with Gasteiger partial charge < -0.3 is 16.0 Å². The third-order valence-corrected chi connectivity index (χ3v) is 1.84. The number of nitrogens with one attached hydrogen (secondary N) is 2. The number of H-pyrrole nitrogens is 1. The van der Waals surface area contributed by atoms with Crippen molar-refractivity contribution in [2.75, 3.05) is 11.9 Å². The highest BCUT2D eigenvalue weighted by atomic mass is 16.1. The van der Waals surface area contributed by atoms with E-state index in [-0.39, 0.29) is 11.6 Å². The lowest BCUT2D eigenvalue weighted by molar-refractivity contribution is 0.638. The Morgan fingerprint density at radius 3 is 3.14 bits per heavy atom. The summed E-state index contributed by atoms with van der Waals surface area (Å²) in [7, 11) is 0. The van der Waals surface area contributed by atoms with Gasteiger partial charge in [0.2, 0.25) is 0 Å². The lowest BCUT2D eigenvalue weighted by atomic mass is 10.2. The Balaban J connectivity index is 2.32. The number of rotatable bonds is 5. The monoisotopic (exact) mass is 196 g/mol. The zero-order valence-corrected chi connectivity index (χ0v) is 8.29. The number of hydrogen-bond acceptors (Lipinski definition) is 4. The molecule has 1 aromatic heterocycles. The first-order valence-electron chi connectivity index (χ1n) is 4.73. The first-order valence-corrected chi connectivity index (χ1v) is 4.73. The van der Waals surface area contributed by atoms with E-state index in [1.807, 2.05) is 6.92 Å². The molecule has 0 aliphatic rings. The number of nitrogens with zero attached hydrogens (tertiary/aromatic N) is 1. The van der Waals surface area contributed by atoms with E-state index in [2.05, 4.69) is 15.3 Å². The number of aromatic amines is 1. The molecule has 1 heterocycles. The maximum Gasteiger partial charge on any atom is 0.290 e. The van der Waals surface area contributed by atoms with Crippen LogP contribution in [0, 0.1) is 0 Å². The van der Waals surface area contributed by atoms with Crippen molar-refractivity contribution in [3.8, 4) is 0 Å². The minimum atomic E-state index is -0.187. The third kappa shape index (κ3) is 3.57. The van der Waals surface area contributed by atoms with E-state index in [0.29, 0.717) is 5.82 Å². The highest BCUT2D eigenvalue weighted by Gasteiger charge is 1.98. The van der Waals surface area contributed by atoms with Crippen LogP contribution in [0.15, 0.2) is 17.2 Å². The van der Waals surface area contributed by atoms with Crippen LogP contribution in [-0.2, 0) is 0 Å². The van der Waals surface area contributed by atoms with E-state index in [1.165, 1.54) is 6.20 Å². The Hall–Kier alpha value is -1.36. The van der Waals surface area contributed by atoms with E-state index in [0.717, 1.165) is 19.4 Å². The highest BCUT2D eigenvalue weighted by molar-refractivity contribution is 5.29. The normalized spacial score (nSPS) is 12.4. The Labute approximate surface area is 82.7 Å². The summed E-state index contributed by atoms with van der Waals surface area (Å²) in [5.74, 6) is 0.372. The van der Waals surface area contributed by atoms with E-state index < -0.39 is 0 Å². The van der Waals surface area contributed by atoms with Crippen molar-refractivity contribution in [2.24, 2.45) is 5.73 Å². The average Bonchev–Trinajstić information content (AvgIpc) is 2.15. The van der Waals surface area contributed by atoms with Crippen molar-refractivity contribution in [1.29, 1.82) is 0 Å². The zero-order chi connectivity index (χ0) is 10.4. The van der Waals surface area contributed by atoms with Crippen molar-refractivity contribution < 1.29 is 0 Å². The van der Waals surface area contributed by atoms with E-state index in [4.69, 9.17) is 5.73 Å². The zero-order valence-electron chi connectivity index (χ0n) is 8.29. The van der Waals surface area contributed by atoms with Gasteiger partial charge in [-0.05, 0) is 19.8 Å². The van der Waals surface area contributed by atoms with Gasteiger partial charge in [0.05, 0.1) is 0 Å². The van der Waals surface area contributed by atoms with Crippen LogP contribution in [0.4, 0.5) is 5.82 Å². The summed E-state index contributed by atoms with van der Waals surface area (Å²) in [6, 6.07) is 0.207. The van der Waals surface area contributed by atoms with E-state index >= 15 is 0 Å². The fourth-order valence-corrected chi connectivity index (χ4v) is 1.11. The first-order chi connectivity index (χ1) is 6.70. The molecule has 0 radical (unpaired) electrons. The summed E-state index contributed by atoms with van der Waals surface area (Å²) >= 11 is 0. The lowest BCUT2D eigenvalue weighted by Crippen LogP contribution is -2.19. The predicted molar refractivity (Wildman–Crippen MR) is 56.2 cm³/mol. The molecule has 1 atom stereocenters. The summed E-state index contributed by atoms with van der Waals surface area (Å²) in [6.45, 7) is 2.69. The lowest BCUT2D eigenvalue weighted by Gasteiger charge is -2.05. The van der Waals surface area contributed by atoms with Crippen LogP contribution in [-0.4, -0.2) is 22.6 Å². The molecule has 5 heteroatoms. The van der Waals surface area contributed by atoms with Crippen LogP contribution < -0.4 is 16.6 Å². The van der Waals surface area contributed by atoms with Crippen molar-refractivity contribution in [3.63, 3.8) is 0 Å². The minimum absolute atomic E-state index is 0.187. The van der Waals surface area contributed by atoms with Crippen LogP contribution in [0.25, 0.3) is 0 Å². The van der Waals surface area contributed by atoms with E-state index in [1.54, 1.807) is 6.20 Å². The van der Waals surface area contributed by atoms with Crippen molar-refractivity contribution in [3.05, 3.63) is 22.7 Å². The van der Waals surface area contributed by atoms with Gasteiger partial charge in [-0.15, -0.1) is 0 Å². The summed E-state index contributed by atoms with van der Waals surface area (Å²) in [5, 5.41) is 2.96. The van der Waals surface area contributed by atoms with Crippen LogP contribution >= 0.6 is 0 Å². The number of aromatic nitrogens is 2. The molecule has 14 heavy (non-hydrogen) atoms. The molecule has 0 amide bonds. The molecule has 4 N–H and O–H groups in total. The largest absolute Gasteiger partial charge is 0.365 e. The Morgan fingerprint density at radius 1 is 1.71 bits per heavy atom. The summed E-state index contributed by atoms with van der Waals surface area (Å²) < 4.78 is 0. The van der Waals surface area contributed by atoms with Crippen LogP contribution in [0.1, 0.15) is 19.8 Å². The first kappa shape index (κ1) is 10.7. The molecule has 0 aliphatic heterocycles. The van der Waals surface area contributed by atoms with Crippen LogP contribution in [0.2, 0.25) is 0 Å². The topological polar surface area (TPSA) is 83.8 Å². The summed E-state index contributed by atoms with van der Waals surface area (Å²) in [4.78, 5) is 17.6. The van der Waals surface area contributed by atoms with Gasteiger partial charge in [-0.3, -0.25) is 4.79 Å². The van der Waals surface area contributed by atoms with Gasteiger partial charge in [-0.25, -0.2) is 4.98 Å². The molecular formula is C9H16N4O. The van der Waals surface area contributed by atoms with Crippen molar-refractivity contribution in [2.45, 2.75) is 25.8 Å². The van der Waals surface area contributed by atoms with Gasteiger partial charge in [-0.1, -0.05) is 0 Å². The molecule has 0 aromatic carbocycles. The maximum atomic E-state index is 11.1. The van der Waals surface area contributed by atoms with Gasteiger partial charge in [-0.2, -0.15) is 0 Å². The standard InChI is InChI=1S/C9H16N4O/c1-7(10)3-2-4-11-8-9(14)13-6-5-12-8/h5-7H,2-4,10H2,1H3,(H,11,12)(H,13,14). The Bertz CT molecular complexity index is 321. The second-order valence-electron chi connectivity index (χ2n) is 3.31. The quantitative estimate of drug-likeness (QED) is 0.592. The second-order valence-corrected chi connectivity index (χ2v) is 3.31. The molecular weight excluding hydrogens is 180 g/mol. The Kier molecular flexibility index (Phi) is 4.12. The number of hydrogen-bond donors (Lipinski definition) is 3. The fourth-order valence-electron chi connectivity index (χ4n) is 1.11. The van der Waals surface area contributed by atoms with Gasteiger partial charge in [0.15, 0.2) is 5.82 Å². The van der Waals surface area contributed by atoms with Crippen LogP contribution in [0.5, 0.6) is 0 Å². The molecule has 1 aromatic rings. The maximum absolute atomic E-state index is 11.1. The average molecular weight is 196 g/mol. The molecule has 0 spiro atoms. The van der Waals surface area contributed by atoms with Crippen molar-refractivity contribution in [1.82, 2.24) is 9.97 Å². The molecule has 0 bridgehead atoms. The predicted octanol–water partition coefficient (Wildman–Crippen LogP) is 0.309. The van der Waals surface area contributed by atoms with Crippen molar-refractivity contribution >= 4 is 5.82 Å². The molecule has 1 rings (SSSR count). The molecule has 5 nitrogen and oxygen atoms in total. The number of nitrogens with two attached hydrogens (primary N) is 1. The van der Waals surface area contributed by atoms with Gasteiger partial charge in [0, 0.05) is 25.0 Å². The summed E-state index contributed by atoms with van der Waals surface area (Å²) in [5.41, 5.74) is 5.40. The molecule has 1 unspecified atom stereocenters. The fraction of sp³-hybridized carbons (Fsp3) is 0.556. The smallest absolute Gasteiger partial charge is 0.290 e. The molecule has 0 saturated heterocycles. The third-order valence-electron chi connectivity index (χ3n) is 1.84. The Morgan fingerprint density at radius 2 is 2.50 bits per heavy atom. The number of anilines is 1. The van der Waals surface area contributed by atoms with E-state index in [9.17, 15) is 4.79 Å². The molecule has 0 fully saturated rings. The SMILES string of the molecule is CC(N)CCCNc1ncc[nH]c1=O. The molecule has 0 saturated carbocycles. The van der Waals surface area contributed by atoms with Gasteiger partial charge >= 0.3 is 0 Å².